The van der Waals surface area contributed by atoms with Gasteiger partial charge in [-0.2, -0.15) is 0 Å². The highest BCUT2D eigenvalue weighted by molar-refractivity contribution is 7.91. The molecule has 9 heteroatoms. The summed E-state index contributed by atoms with van der Waals surface area (Å²) in [7, 11) is -4.07. The third kappa shape index (κ3) is 2.83. The largest absolute Gasteiger partial charge is 0.504 e. The molecule has 0 spiro atoms. The summed E-state index contributed by atoms with van der Waals surface area (Å²) in [4.78, 5) is 24.9. The summed E-state index contributed by atoms with van der Waals surface area (Å²) in [6.07, 6.45) is 0. The van der Waals surface area contributed by atoms with Gasteiger partial charge in [-0.15, -0.1) is 0 Å². The molecule has 0 saturated carbocycles. The molecule has 0 aromatic heterocycles. The van der Waals surface area contributed by atoms with Crippen molar-refractivity contribution < 1.29 is 23.1 Å². The predicted molar refractivity (Wildman–Crippen MR) is 91.4 cm³/mol. The zero-order valence-electron chi connectivity index (χ0n) is 12.8. The number of nitrogen functional groups attached to an aromatic ring is 1. The van der Waals surface area contributed by atoms with Gasteiger partial charge in [-0.25, -0.2) is 8.42 Å². The zero-order valence-corrected chi connectivity index (χ0v) is 14.3. The number of anilines is 1. The maximum atomic E-state index is 12.5. The number of sulfone groups is 1. The number of fused-ring (bicyclic) bond motifs is 1. The van der Waals surface area contributed by atoms with Crippen molar-refractivity contribution in [1.82, 2.24) is 4.90 Å². The topological polar surface area (TPSA) is 118 Å². The van der Waals surface area contributed by atoms with Gasteiger partial charge in [-0.3, -0.25) is 14.5 Å². The van der Waals surface area contributed by atoms with Crippen LogP contribution < -0.4 is 5.73 Å². The lowest BCUT2D eigenvalue weighted by atomic mass is 10.1. The van der Waals surface area contributed by atoms with Crippen LogP contribution in [-0.4, -0.2) is 42.5 Å². The number of imide groups is 1. The van der Waals surface area contributed by atoms with Crippen molar-refractivity contribution in [3.63, 3.8) is 0 Å². The molecule has 1 aliphatic heterocycles. The zero-order chi connectivity index (χ0) is 18.4. The van der Waals surface area contributed by atoms with E-state index >= 15 is 0 Å². The lowest BCUT2D eigenvalue weighted by Crippen LogP contribution is -2.34. The number of nitrogens with two attached hydrogens (primary N) is 1. The number of phenolic OH excluding ortho intramolecular Hbond substituents is 1. The van der Waals surface area contributed by atoms with Crippen LogP contribution in [0, 0.1) is 0 Å². The maximum absolute atomic E-state index is 12.5. The van der Waals surface area contributed by atoms with E-state index in [0.717, 1.165) is 4.90 Å². The molecule has 2 aromatic carbocycles. The van der Waals surface area contributed by atoms with Crippen LogP contribution in [0.5, 0.6) is 5.75 Å². The molecule has 0 unspecified atom stereocenters. The van der Waals surface area contributed by atoms with Crippen molar-refractivity contribution in [2.75, 3.05) is 18.0 Å². The lowest BCUT2D eigenvalue weighted by Gasteiger charge is -2.15. The molecule has 2 aromatic rings. The number of halogens is 1. The van der Waals surface area contributed by atoms with Crippen LogP contribution in [0.15, 0.2) is 41.3 Å². The van der Waals surface area contributed by atoms with E-state index in [2.05, 4.69) is 0 Å². The third-order valence-corrected chi connectivity index (χ3v) is 6.07. The van der Waals surface area contributed by atoms with Gasteiger partial charge in [0.05, 0.1) is 27.6 Å². The minimum absolute atomic E-state index is 0.135. The van der Waals surface area contributed by atoms with E-state index in [0.29, 0.717) is 0 Å². The number of aromatic hydroxyl groups is 1. The Morgan fingerprint density at radius 3 is 2.16 bits per heavy atom. The first-order valence-corrected chi connectivity index (χ1v) is 9.22. The Balaban J connectivity index is 1.87. The highest BCUT2D eigenvalue weighted by Crippen LogP contribution is 2.36. The van der Waals surface area contributed by atoms with Crippen molar-refractivity contribution in [2.24, 2.45) is 0 Å². The molecule has 2 amide bonds. The summed E-state index contributed by atoms with van der Waals surface area (Å²) >= 11 is 5.87. The fourth-order valence-corrected chi connectivity index (χ4v) is 4.52. The molecule has 0 radical (unpaired) electrons. The Labute approximate surface area is 148 Å². The summed E-state index contributed by atoms with van der Waals surface area (Å²) in [5.74, 6) is -2.35. The smallest absolute Gasteiger partial charge is 0.261 e. The number of nitrogens with zero attached hydrogens (tertiary/aromatic N) is 1. The summed E-state index contributed by atoms with van der Waals surface area (Å²) in [5.41, 5.74) is 5.84. The van der Waals surface area contributed by atoms with E-state index in [1.54, 1.807) is 12.1 Å². The molecule has 7 nitrogen and oxygen atoms in total. The number of amides is 2. The minimum atomic E-state index is -4.07. The van der Waals surface area contributed by atoms with Gasteiger partial charge in [0.15, 0.2) is 15.6 Å². The molecule has 130 valence electrons. The van der Waals surface area contributed by atoms with Gasteiger partial charge in [0.25, 0.3) is 11.8 Å². The van der Waals surface area contributed by atoms with Crippen molar-refractivity contribution >= 4 is 38.9 Å². The standard InChI is InChI=1S/C16H13ClN2O5S/c17-11-5-6-12(18)13(20)14(11)25(23,24)8-7-19-15(21)9-3-1-2-4-10(9)16(19)22/h1-6,20H,7-8,18H2. The molecular weight excluding hydrogens is 368 g/mol. The molecule has 0 aliphatic carbocycles. The van der Waals surface area contributed by atoms with Gasteiger partial charge in [0.2, 0.25) is 0 Å². The van der Waals surface area contributed by atoms with Crippen LogP contribution in [0.2, 0.25) is 5.02 Å². The highest BCUT2D eigenvalue weighted by atomic mass is 35.5. The number of phenols is 1. The van der Waals surface area contributed by atoms with Crippen molar-refractivity contribution in [2.45, 2.75) is 4.90 Å². The van der Waals surface area contributed by atoms with Crippen LogP contribution in [0.4, 0.5) is 5.69 Å². The second kappa shape index (κ2) is 6.05. The SMILES string of the molecule is Nc1ccc(Cl)c(S(=O)(=O)CCN2C(=O)c3ccccc3C2=O)c1O. The Bertz CT molecular complexity index is 969. The first kappa shape index (κ1) is 17.2. The normalized spacial score (nSPS) is 14.0. The minimum Gasteiger partial charge on any atom is -0.504 e. The van der Waals surface area contributed by atoms with Crippen molar-refractivity contribution in [3.05, 3.63) is 52.5 Å². The van der Waals surface area contributed by atoms with Crippen LogP contribution in [0.1, 0.15) is 20.7 Å². The van der Waals surface area contributed by atoms with E-state index in [1.165, 1.54) is 24.3 Å². The molecule has 0 bridgehead atoms. The number of carbonyl (C=O) groups is 2. The molecule has 0 fully saturated rings. The summed E-state index contributed by atoms with van der Waals surface area (Å²) in [6.45, 7) is -0.362. The molecule has 3 rings (SSSR count). The monoisotopic (exact) mass is 380 g/mol. The number of benzene rings is 2. The lowest BCUT2D eigenvalue weighted by molar-refractivity contribution is 0.0664. The van der Waals surface area contributed by atoms with E-state index in [4.69, 9.17) is 17.3 Å². The summed E-state index contributed by atoms with van der Waals surface area (Å²) < 4.78 is 25.0. The Kier molecular flexibility index (Phi) is 4.18. The second-order valence-corrected chi connectivity index (χ2v) is 7.89. The van der Waals surface area contributed by atoms with Gasteiger partial charge in [-0.05, 0) is 24.3 Å². The van der Waals surface area contributed by atoms with E-state index in [1.807, 2.05) is 0 Å². The van der Waals surface area contributed by atoms with Gasteiger partial charge in [0.1, 0.15) is 4.90 Å². The average Bonchev–Trinajstić information content (AvgIpc) is 2.81. The third-order valence-electron chi connectivity index (χ3n) is 3.89. The quantitative estimate of drug-likeness (QED) is 0.473. The fourth-order valence-electron chi connectivity index (χ4n) is 2.61. The van der Waals surface area contributed by atoms with Gasteiger partial charge < -0.3 is 10.8 Å². The molecule has 25 heavy (non-hydrogen) atoms. The van der Waals surface area contributed by atoms with Crippen LogP contribution in [0.25, 0.3) is 0 Å². The number of hydrogen-bond acceptors (Lipinski definition) is 6. The first-order valence-electron chi connectivity index (χ1n) is 7.19. The van der Waals surface area contributed by atoms with Crippen molar-refractivity contribution in [1.29, 1.82) is 0 Å². The van der Waals surface area contributed by atoms with Crippen LogP contribution in [0.3, 0.4) is 0 Å². The molecule has 1 aliphatic rings. The first-order chi connectivity index (χ1) is 11.7. The van der Waals surface area contributed by atoms with Gasteiger partial charge in [0, 0.05) is 6.54 Å². The van der Waals surface area contributed by atoms with Crippen molar-refractivity contribution in [3.8, 4) is 5.75 Å². The molecule has 1 heterocycles. The molecular formula is C16H13ClN2O5S. The molecule has 0 saturated heterocycles. The number of hydrogen-bond donors (Lipinski definition) is 2. The maximum Gasteiger partial charge on any atom is 0.261 e. The average molecular weight is 381 g/mol. The Hall–Kier alpha value is -2.58. The number of rotatable bonds is 4. The Morgan fingerprint density at radius 2 is 1.60 bits per heavy atom. The van der Waals surface area contributed by atoms with Crippen LogP contribution >= 0.6 is 11.6 Å². The molecule has 3 N–H and O–H groups in total. The van der Waals surface area contributed by atoms with Crippen LogP contribution in [-0.2, 0) is 9.84 Å². The van der Waals surface area contributed by atoms with E-state index in [-0.39, 0.29) is 28.4 Å². The van der Waals surface area contributed by atoms with Gasteiger partial charge >= 0.3 is 0 Å². The second-order valence-electron chi connectivity index (χ2n) is 5.44. The molecule has 0 atom stereocenters. The summed E-state index contributed by atoms with van der Waals surface area (Å²) in [6, 6.07) is 8.78. The van der Waals surface area contributed by atoms with Gasteiger partial charge in [-0.1, -0.05) is 23.7 Å². The van der Waals surface area contributed by atoms with E-state index in [9.17, 15) is 23.1 Å². The van der Waals surface area contributed by atoms with E-state index < -0.39 is 38.0 Å². The predicted octanol–water partition coefficient (Wildman–Crippen LogP) is 1.70. The summed E-state index contributed by atoms with van der Waals surface area (Å²) in [5, 5.41) is 9.73. The number of carbonyl (C=O) groups excluding carboxylic acids is 2. The highest BCUT2D eigenvalue weighted by Gasteiger charge is 2.36. The Morgan fingerprint density at radius 1 is 1.04 bits per heavy atom. The fraction of sp³-hybridized carbons (Fsp3) is 0.125.